The van der Waals surface area contributed by atoms with Gasteiger partial charge in [-0.1, -0.05) is 43.1 Å². The Morgan fingerprint density at radius 1 is 1.25 bits per heavy atom. The van der Waals surface area contributed by atoms with Crippen molar-refractivity contribution in [2.75, 3.05) is 19.8 Å². The van der Waals surface area contributed by atoms with Gasteiger partial charge < -0.3 is 18.7 Å². The van der Waals surface area contributed by atoms with Crippen LogP contribution in [0.4, 0.5) is 0 Å². The van der Waals surface area contributed by atoms with E-state index in [0.29, 0.717) is 24.8 Å². The predicted octanol–water partition coefficient (Wildman–Crippen LogP) is 4.42. The largest absolute Gasteiger partial charge is 0.465 e. The van der Waals surface area contributed by atoms with Gasteiger partial charge in [0.05, 0.1) is 13.2 Å². The number of H-pyrrole nitrogens is 1. The Labute approximate surface area is 241 Å². The van der Waals surface area contributed by atoms with Gasteiger partial charge >= 0.3 is 19.4 Å². The molecule has 1 fully saturated rings. The van der Waals surface area contributed by atoms with E-state index in [1.54, 1.807) is 31.2 Å². The molecule has 2 aromatic rings. The first-order valence-corrected chi connectivity index (χ1v) is 15.6. The van der Waals surface area contributed by atoms with E-state index in [1.165, 1.54) is 10.8 Å². The van der Waals surface area contributed by atoms with Crippen molar-refractivity contribution in [1.29, 1.82) is 0 Å². The highest BCUT2D eigenvalue weighted by molar-refractivity contribution is 9.10. The van der Waals surface area contributed by atoms with E-state index < -0.39 is 43.5 Å². The molecule has 0 amide bonds. The van der Waals surface area contributed by atoms with Gasteiger partial charge in [-0.15, -0.1) is 0 Å². The van der Waals surface area contributed by atoms with Crippen molar-refractivity contribution >= 4 is 29.6 Å². The summed E-state index contributed by atoms with van der Waals surface area (Å²) in [5.74, 6) is -0.00130. The minimum Gasteiger partial charge on any atom is -0.465 e. The summed E-state index contributed by atoms with van der Waals surface area (Å²) in [5.41, 5.74) is -0.804. The normalized spacial score (nSPS) is 19.4. The maximum atomic E-state index is 14.0. The first kappa shape index (κ1) is 32.2. The second-order valence-electron chi connectivity index (χ2n) is 9.84. The number of hydrogen-bond donors (Lipinski definition) is 2. The second kappa shape index (κ2) is 15.1. The lowest BCUT2D eigenvalue weighted by Gasteiger charge is -2.26. The van der Waals surface area contributed by atoms with E-state index in [0.717, 1.165) is 10.9 Å². The van der Waals surface area contributed by atoms with Gasteiger partial charge in [-0.3, -0.25) is 23.7 Å². The van der Waals surface area contributed by atoms with Gasteiger partial charge in [0.25, 0.3) is 5.56 Å². The van der Waals surface area contributed by atoms with E-state index >= 15 is 0 Å². The number of benzene rings is 1. The van der Waals surface area contributed by atoms with Crippen LogP contribution >= 0.6 is 23.7 Å². The van der Waals surface area contributed by atoms with Crippen molar-refractivity contribution in [3.63, 3.8) is 0 Å². The molecule has 0 spiro atoms. The molecule has 12 nitrogen and oxygen atoms in total. The Bertz CT molecular complexity index is 1280. The van der Waals surface area contributed by atoms with Crippen LogP contribution in [0.15, 0.2) is 44.5 Å². The van der Waals surface area contributed by atoms with Gasteiger partial charge in [-0.2, -0.15) is 5.09 Å². The molecule has 4 atom stereocenters. The van der Waals surface area contributed by atoms with Crippen LogP contribution in [0.1, 0.15) is 58.2 Å². The Morgan fingerprint density at radius 3 is 2.65 bits per heavy atom. The number of carbonyl (C=O) groups excluding carboxylic acids is 1. The van der Waals surface area contributed by atoms with Crippen molar-refractivity contribution < 1.29 is 32.6 Å². The summed E-state index contributed by atoms with van der Waals surface area (Å²) in [6.07, 6.45) is 2.14. The molecule has 2 N–H and O–H groups in total. The number of nitrogens with one attached hydrogen (secondary N) is 2. The highest BCUT2D eigenvalue weighted by Crippen LogP contribution is 2.46. The monoisotopic (exact) mass is 645 g/mol. The highest BCUT2D eigenvalue weighted by Gasteiger charge is 2.37. The van der Waals surface area contributed by atoms with Crippen LogP contribution in [-0.2, 0) is 28.1 Å². The van der Waals surface area contributed by atoms with E-state index in [1.807, 2.05) is 20.8 Å². The average Bonchev–Trinajstić information content (AvgIpc) is 3.38. The van der Waals surface area contributed by atoms with Crippen LogP contribution in [0, 0.1) is 12.8 Å². The molecule has 0 aliphatic carbocycles. The van der Waals surface area contributed by atoms with Crippen molar-refractivity contribution in [3.8, 4) is 5.75 Å². The molecule has 1 unspecified atom stereocenters. The fourth-order valence-electron chi connectivity index (χ4n) is 3.70. The molecule has 3 rings (SSSR count). The number of aryl methyl sites for hydroxylation is 1. The number of halogens is 1. The summed E-state index contributed by atoms with van der Waals surface area (Å²) in [6.45, 7) is 7.51. The lowest BCUT2D eigenvalue weighted by molar-refractivity contribution is -0.146. The maximum Gasteiger partial charge on any atom is 0.459 e. The van der Waals surface area contributed by atoms with E-state index in [2.05, 4.69) is 26.0 Å². The molecule has 0 bridgehead atoms. The molecule has 1 aromatic heterocycles. The fourth-order valence-corrected chi connectivity index (χ4v) is 5.48. The van der Waals surface area contributed by atoms with Crippen molar-refractivity contribution in [2.45, 2.75) is 71.9 Å². The molecule has 1 aliphatic heterocycles. The molecule has 222 valence electrons. The molecular formula is C26H37BrN3O9P. The van der Waals surface area contributed by atoms with Crippen LogP contribution in [0.3, 0.4) is 0 Å². The second-order valence-corrected chi connectivity index (χ2v) is 12.5. The zero-order chi connectivity index (χ0) is 29.3. The number of esters is 1. The van der Waals surface area contributed by atoms with Gasteiger partial charge in [0.2, 0.25) is 0 Å². The molecule has 1 aromatic carbocycles. The number of aromatic amines is 1. The smallest absolute Gasteiger partial charge is 0.459 e. The topological polar surface area (TPSA) is 147 Å². The standard InChI is InChI=1S/C26H37BrN3O9P/c1-5-6-13-35-25(32)21(12-7-17(2)3)29-40(34,39-20-10-8-19(27)9-11-20)37-16-23-36-15-22(38-23)30-14-18(4)24(31)28-26(30)33/h8-11,14,17,21-23H,5-7,12-13,15-16H2,1-4H3,(H,29,34)(H,28,31,33)/t21-,22+,23+,40?/m0/s1. The number of unbranched alkanes of at least 4 members (excludes halogenated alkanes) is 1. The molecule has 0 radical (unpaired) electrons. The van der Waals surface area contributed by atoms with Crippen LogP contribution in [0.5, 0.6) is 5.75 Å². The SMILES string of the molecule is CCCCOC(=O)[C@H](CCC(C)C)NP(=O)(OC[C@@H]1OC[C@H](n2cc(C)c(=O)[nH]c2=O)O1)Oc1ccc(Br)cc1. The summed E-state index contributed by atoms with van der Waals surface area (Å²) in [4.78, 5) is 39.1. The quantitative estimate of drug-likeness (QED) is 0.162. The van der Waals surface area contributed by atoms with E-state index in [4.69, 9.17) is 23.3 Å². The van der Waals surface area contributed by atoms with Crippen molar-refractivity contribution in [1.82, 2.24) is 14.6 Å². The minimum atomic E-state index is -4.18. The summed E-state index contributed by atoms with van der Waals surface area (Å²) in [5, 5.41) is 2.78. The lowest BCUT2D eigenvalue weighted by atomic mass is 10.0. The van der Waals surface area contributed by atoms with Crippen LogP contribution in [-0.4, -0.2) is 47.7 Å². The minimum absolute atomic E-state index is 0.00845. The Hall–Kier alpha value is -2.28. The Morgan fingerprint density at radius 2 is 1.98 bits per heavy atom. The third-order valence-corrected chi connectivity index (χ3v) is 8.08. The van der Waals surface area contributed by atoms with Gasteiger partial charge in [-0.25, -0.2) is 9.36 Å². The van der Waals surface area contributed by atoms with E-state index in [9.17, 15) is 18.9 Å². The van der Waals surface area contributed by atoms with Gasteiger partial charge in [-0.05, 0) is 56.4 Å². The predicted molar refractivity (Wildman–Crippen MR) is 151 cm³/mol. The number of hydrogen-bond acceptors (Lipinski definition) is 9. The summed E-state index contributed by atoms with van der Waals surface area (Å²) in [6, 6.07) is 5.70. The zero-order valence-corrected chi connectivity index (χ0v) is 25.6. The van der Waals surface area contributed by atoms with Gasteiger partial charge in [0.1, 0.15) is 18.4 Å². The average molecular weight is 646 g/mol. The molecule has 1 aliphatic rings. The van der Waals surface area contributed by atoms with Gasteiger partial charge in [0, 0.05) is 16.2 Å². The van der Waals surface area contributed by atoms with Crippen molar-refractivity contribution in [2.24, 2.45) is 5.92 Å². The fraction of sp³-hybridized carbons (Fsp3) is 0.577. The number of ether oxygens (including phenoxy) is 3. The van der Waals surface area contributed by atoms with Crippen LogP contribution in [0.2, 0.25) is 0 Å². The Kier molecular flexibility index (Phi) is 12.2. The third-order valence-electron chi connectivity index (χ3n) is 5.98. The third kappa shape index (κ3) is 9.67. The van der Waals surface area contributed by atoms with Crippen molar-refractivity contribution in [3.05, 3.63) is 61.3 Å². The molecule has 0 saturated carbocycles. The summed E-state index contributed by atoms with van der Waals surface area (Å²) in [7, 11) is -4.18. The summed E-state index contributed by atoms with van der Waals surface area (Å²) < 4.78 is 44.3. The molecule has 1 saturated heterocycles. The molecule has 40 heavy (non-hydrogen) atoms. The number of aromatic nitrogens is 2. The van der Waals surface area contributed by atoms with E-state index in [-0.39, 0.29) is 31.5 Å². The number of rotatable bonds is 15. The number of nitrogens with zero attached hydrogens (tertiary/aromatic N) is 1. The maximum absolute atomic E-state index is 14.0. The number of carbonyl (C=O) groups is 1. The first-order valence-electron chi connectivity index (χ1n) is 13.2. The first-order chi connectivity index (χ1) is 19.0. The molecule has 14 heteroatoms. The van der Waals surface area contributed by atoms with Crippen LogP contribution < -0.4 is 20.9 Å². The van der Waals surface area contributed by atoms with Crippen LogP contribution in [0.25, 0.3) is 0 Å². The molecular weight excluding hydrogens is 609 g/mol. The molecule has 2 heterocycles. The zero-order valence-electron chi connectivity index (χ0n) is 23.1. The Balaban J connectivity index is 1.76. The highest BCUT2D eigenvalue weighted by atomic mass is 79.9. The summed E-state index contributed by atoms with van der Waals surface area (Å²) >= 11 is 3.35. The lowest BCUT2D eigenvalue weighted by Crippen LogP contribution is -2.38. The van der Waals surface area contributed by atoms with Gasteiger partial charge in [0.15, 0.2) is 12.5 Å².